The number of anilines is 1. The molecule has 0 spiro atoms. The third-order valence-electron chi connectivity index (χ3n) is 3.57. The number of carboxylic acid groups (broad SMARTS) is 1. The lowest BCUT2D eigenvalue weighted by molar-refractivity contribution is -0.385. The van der Waals surface area contributed by atoms with Crippen molar-refractivity contribution in [1.29, 1.82) is 0 Å². The van der Waals surface area contributed by atoms with Crippen LogP contribution < -0.4 is 10.1 Å². The van der Waals surface area contributed by atoms with E-state index in [1.165, 1.54) is 25.3 Å². The SMILES string of the molecule is COc1ccc(NC(=O)C2CCC2C(=O)O)cc1[N+](=O)[O-]. The lowest BCUT2D eigenvalue weighted by Crippen LogP contribution is -2.41. The van der Waals surface area contributed by atoms with Crippen molar-refractivity contribution >= 4 is 23.3 Å². The van der Waals surface area contributed by atoms with Gasteiger partial charge in [0.05, 0.1) is 23.9 Å². The molecule has 0 heterocycles. The molecule has 1 aliphatic carbocycles. The number of rotatable bonds is 5. The van der Waals surface area contributed by atoms with E-state index < -0.39 is 28.6 Å². The van der Waals surface area contributed by atoms with Crippen molar-refractivity contribution in [3.8, 4) is 5.75 Å². The minimum atomic E-state index is -0.998. The van der Waals surface area contributed by atoms with Gasteiger partial charge < -0.3 is 15.2 Å². The zero-order valence-corrected chi connectivity index (χ0v) is 11.2. The zero-order chi connectivity index (χ0) is 15.6. The van der Waals surface area contributed by atoms with Crippen molar-refractivity contribution in [1.82, 2.24) is 0 Å². The zero-order valence-electron chi connectivity index (χ0n) is 11.2. The van der Waals surface area contributed by atoms with Crippen LogP contribution >= 0.6 is 0 Å². The maximum absolute atomic E-state index is 12.0. The van der Waals surface area contributed by atoms with E-state index in [-0.39, 0.29) is 17.1 Å². The molecule has 0 saturated heterocycles. The quantitative estimate of drug-likeness (QED) is 0.629. The molecule has 1 aliphatic rings. The molecule has 1 aromatic carbocycles. The third kappa shape index (κ3) is 2.93. The summed E-state index contributed by atoms with van der Waals surface area (Å²) < 4.78 is 4.86. The van der Waals surface area contributed by atoms with Gasteiger partial charge in [-0.15, -0.1) is 0 Å². The fraction of sp³-hybridized carbons (Fsp3) is 0.385. The van der Waals surface area contributed by atoms with E-state index in [0.717, 1.165) is 0 Å². The molecule has 0 aromatic heterocycles. The summed E-state index contributed by atoms with van der Waals surface area (Å²) in [5.74, 6) is -2.62. The Morgan fingerprint density at radius 2 is 2.05 bits per heavy atom. The van der Waals surface area contributed by atoms with Crippen molar-refractivity contribution in [2.45, 2.75) is 12.8 Å². The first-order valence-corrected chi connectivity index (χ1v) is 6.30. The van der Waals surface area contributed by atoms with Crippen molar-refractivity contribution in [3.63, 3.8) is 0 Å². The second-order valence-electron chi connectivity index (χ2n) is 4.76. The highest BCUT2D eigenvalue weighted by atomic mass is 16.6. The molecule has 1 amide bonds. The first kappa shape index (κ1) is 14.8. The van der Waals surface area contributed by atoms with Gasteiger partial charge in [0.25, 0.3) is 0 Å². The fourth-order valence-electron chi connectivity index (χ4n) is 2.25. The number of ether oxygens (including phenoxy) is 1. The van der Waals surface area contributed by atoms with Crippen molar-refractivity contribution in [2.24, 2.45) is 11.8 Å². The predicted octanol–water partition coefficient (Wildman–Crippen LogP) is 1.65. The molecular formula is C13H14N2O6. The summed E-state index contributed by atoms with van der Waals surface area (Å²) in [5.41, 5.74) is -0.0257. The van der Waals surface area contributed by atoms with Gasteiger partial charge in [-0.05, 0) is 25.0 Å². The maximum atomic E-state index is 12.0. The number of nitro benzene ring substituents is 1. The molecular weight excluding hydrogens is 280 g/mol. The number of benzene rings is 1. The average Bonchev–Trinajstić information content (AvgIpc) is 2.36. The van der Waals surface area contributed by atoms with Crippen LogP contribution in [0.25, 0.3) is 0 Å². The Morgan fingerprint density at radius 3 is 2.52 bits per heavy atom. The highest BCUT2D eigenvalue weighted by molar-refractivity contribution is 5.96. The van der Waals surface area contributed by atoms with E-state index in [9.17, 15) is 19.7 Å². The van der Waals surface area contributed by atoms with Gasteiger partial charge in [-0.25, -0.2) is 0 Å². The Kier molecular flexibility index (Phi) is 4.06. The Hall–Kier alpha value is -2.64. The normalized spacial score (nSPS) is 20.2. The van der Waals surface area contributed by atoms with Gasteiger partial charge in [0.1, 0.15) is 0 Å². The largest absolute Gasteiger partial charge is 0.490 e. The smallest absolute Gasteiger partial charge is 0.312 e. The number of nitrogens with one attached hydrogen (secondary N) is 1. The summed E-state index contributed by atoms with van der Waals surface area (Å²) in [6, 6.07) is 4.03. The highest BCUT2D eigenvalue weighted by Gasteiger charge is 2.41. The molecule has 112 valence electrons. The summed E-state index contributed by atoms with van der Waals surface area (Å²) in [6.07, 6.45) is 0.969. The number of amides is 1. The molecule has 0 aliphatic heterocycles. The third-order valence-corrected chi connectivity index (χ3v) is 3.57. The van der Waals surface area contributed by atoms with Gasteiger partial charge in [-0.1, -0.05) is 0 Å². The minimum absolute atomic E-state index is 0.0880. The minimum Gasteiger partial charge on any atom is -0.490 e. The van der Waals surface area contributed by atoms with Crippen LogP contribution in [0.1, 0.15) is 12.8 Å². The molecule has 2 atom stereocenters. The van der Waals surface area contributed by atoms with Gasteiger partial charge in [0.15, 0.2) is 5.75 Å². The van der Waals surface area contributed by atoms with Gasteiger partial charge in [0, 0.05) is 11.8 Å². The van der Waals surface area contributed by atoms with E-state index in [4.69, 9.17) is 9.84 Å². The topological polar surface area (TPSA) is 119 Å². The molecule has 8 nitrogen and oxygen atoms in total. The van der Waals surface area contributed by atoms with Crippen molar-refractivity contribution in [2.75, 3.05) is 12.4 Å². The lowest BCUT2D eigenvalue weighted by Gasteiger charge is -2.31. The van der Waals surface area contributed by atoms with Gasteiger partial charge in [0.2, 0.25) is 5.91 Å². The van der Waals surface area contributed by atoms with E-state index in [0.29, 0.717) is 12.8 Å². The van der Waals surface area contributed by atoms with E-state index in [1.807, 2.05) is 0 Å². The number of nitrogens with zero attached hydrogens (tertiary/aromatic N) is 1. The number of hydrogen-bond donors (Lipinski definition) is 2. The van der Waals surface area contributed by atoms with Crippen LogP contribution in [-0.2, 0) is 9.59 Å². The van der Waals surface area contributed by atoms with Crippen molar-refractivity contribution in [3.05, 3.63) is 28.3 Å². The maximum Gasteiger partial charge on any atom is 0.312 e. The van der Waals surface area contributed by atoms with E-state index in [1.54, 1.807) is 0 Å². The number of aliphatic carboxylic acids is 1. The molecule has 1 aromatic rings. The van der Waals surface area contributed by atoms with Crippen molar-refractivity contribution < 1.29 is 24.4 Å². The molecule has 1 saturated carbocycles. The van der Waals surface area contributed by atoms with E-state index in [2.05, 4.69) is 5.32 Å². The number of carbonyl (C=O) groups excluding carboxylic acids is 1. The monoisotopic (exact) mass is 294 g/mol. The van der Waals surface area contributed by atoms with Crippen LogP contribution in [0.15, 0.2) is 18.2 Å². The first-order chi connectivity index (χ1) is 9.93. The first-order valence-electron chi connectivity index (χ1n) is 6.30. The molecule has 1 fully saturated rings. The van der Waals surface area contributed by atoms with Gasteiger partial charge >= 0.3 is 11.7 Å². The molecule has 8 heteroatoms. The summed E-state index contributed by atoms with van der Waals surface area (Å²) in [5, 5.41) is 22.3. The summed E-state index contributed by atoms with van der Waals surface area (Å²) in [6.45, 7) is 0. The van der Waals surface area contributed by atoms with Crippen LogP contribution in [0, 0.1) is 22.0 Å². The van der Waals surface area contributed by atoms with Crippen LogP contribution in [0.5, 0.6) is 5.75 Å². The van der Waals surface area contributed by atoms with Gasteiger partial charge in [-0.3, -0.25) is 19.7 Å². The number of nitro groups is 1. The van der Waals surface area contributed by atoms with Crippen LogP contribution in [0.2, 0.25) is 0 Å². The Balaban J connectivity index is 2.13. The number of hydrogen-bond acceptors (Lipinski definition) is 5. The Morgan fingerprint density at radius 1 is 1.38 bits per heavy atom. The fourth-order valence-corrected chi connectivity index (χ4v) is 2.25. The van der Waals surface area contributed by atoms with Crippen LogP contribution in [0.3, 0.4) is 0 Å². The number of carbonyl (C=O) groups is 2. The Labute approximate surface area is 119 Å². The van der Waals surface area contributed by atoms with E-state index >= 15 is 0 Å². The molecule has 21 heavy (non-hydrogen) atoms. The van der Waals surface area contributed by atoms with Crippen LogP contribution in [0.4, 0.5) is 11.4 Å². The second-order valence-corrected chi connectivity index (χ2v) is 4.76. The average molecular weight is 294 g/mol. The lowest BCUT2D eigenvalue weighted by atomic mass is 9.73. The molecule has 2 unspecified atom stereocenters. The molecule has 0 bridgehead atoms. The number of carboxylic acids is 1. The molecule has 2 N–H and O–H groups in total. The summed E-state index contributed by atoms with van der Waals surface area (Å²) in [4.78, 5) is 33.1. The summed E-state index contributed by atoms with van der Waals surface area (Å²) in [7, 11) is 1.31. The predicted molar refractivity (Wildman–Crippen MR) is 72.1 cm³/mol. The summed E-state index contributed by atoms with van der Waals surface area (Å²) >= 11 is 0. The number of methoxy groups -OCH3 is 1. The van der Waals surface area contributed by atoms with Gasteiger partial charge in [-0.2, -0.15) is 0 Å². The van der Waals surface area contributed by atoms with Crippen LogP contribution in [-0.4, -0.2) is 29.0 Å². The Bertz CT molecular complexity index is 600. The second kappa shape index (κ2) is 5.78. The molecule has 0 radical (unpaired) electrons. The standard InChI is InChI=1S/C13H14N2O6/c1-21-11-5-2-7(6-10(11)15(19)20)14-12(16)8-3-4-9(8)13(17)18/h2,5-6,8-9H,3-4H2,1H3,(H,14,16)(H,17,18). The highest BCUT2D eigenvalue weighted by Crippen LogP contribution is 2.36. The molecule has 2 rings (SSSR count).